The van der Waals surface area contributed by atoms with Crippen LogP contribution in [0.2, 0.25) is 0 Å². The maximum atomic E-state index is 4.52. The van der Waals surface area contributed by atoms with Gasteiger partial charge < -0.3 is 0 Å². The SMILES string of the molecule is Cc1nn(C(C)C)c(C)c1CCBr. The van der Waals surface area contributed by atoms with Crippen molar-refractivity contribution in [3.8, 4) is 0 Å². The molecule has 3 heteroatoms. The molecule has 0 radical (unpaired) electrons. The quantitative estimate of drug-likeness (QED) is 0.748. The largest absolute Gasteiger partial charge is 0.267 e. The molecule has 0 saturated heterocycles. The van der Waals surface area contributed by atoms with Crippen LogP contribution < -0.4 is 0 Å². The van der Waals surface area contributed by atoms with E-state index in [2.05, 4.69) is 53.4 Å². The van der Waals surface area contributed by atoms with Gasteiger partial charge in [-0.05, 0) is 39.7 Å². The molecule has 0 bridgehead atoms. The van der Waals surface area contributed by atoms with Gasteiger partial charge in [0.2, 0.25) is 0 Å². The van der Waals surface area contributed by atoms with Crippen molar-refractivity contribution in [3.63, 3.8) is 0 Å². The highest BCUT2D eigenvalue weighted by Crippen LogP contribution is 2.17. The van der Waals surface area contributed by atoms with Crippen molar-refractivity contribution in [3.05, 3.63) is 17.0 Å². The molecule has 1 aromatic rings. The van der Waals surface area contributed by atoms with Crippen LogP contribution in [0.1, 0.15) is 36.8 Å². The third-order valence-corrected chi connectivity index (χ3v) is 2.70. The van der Waals surface area contributed by atoms with Crippen LogP contribution in [-0.2, 0) is 6.42 Å². The lowest BCUT2D eigenvalue weighted by molar-refractivity contribution is 0.515. The van der Waals surface area contributed by atoms with E-state index in [0.29, 0.717) is 6.04 Å². The molecule has 0 unspecified atom stereocenters. The number of hydrogen-bond acceptors (Lipinski definition) is 1. The Morgan fingerprint density at radius 3 is 2.38 bits per heavy atom. The number of alkyl halides is 1. The molecule has 0 fully saturated rings. The molecule has 0 aromatic carbocycles. The van der Waals surface area contributed by atoms with E-state index in [-0.39, 0.29) is 0 Å². The molecule has 1 rings (SSSR count). The predicted molar refractivity (Wildman–Crippen MR) is 59.6 cm³/mol. The fourth-order valence-corrected chi connectivity index (χ4v) is 2.05. The molecular weight excluding hydrogens is 228 g/mol. The summed E-state index contributed by atoms with van der Waals surface area (Å²) in [5.74, 6) is 0. The summed E-state index contributed by atoms with van der Waals surface area (Å²) < 4.78 is 2.10. The third-order valence-electron chi connectivity index (χ3n) is 2.31. The van der Waals surface area contributed by atoms with Gasteiger partial charge in [-0.2, -0.15) is 5.10 Å². The lowest BCUT2D eigenvalue weighted by Crippen LogP contribution is -2.05. The van der Waals surface area contributed by atoms with E-state index in [4.69, 9.17) is 0 Å². The summed E-state index contributed by atoms with van der Waals surface area (Å²) in [6.07, 6.45) is 1.07. The Hall–Kier alpha value is -0.310. The highest BCUT2D eigenvalue weighted by atomic mass is 79.9. The number of hydrogen-bond donors (Lipinski definition) is 0. The molecule has 0 spiro atoms. The Morgan fingerprint density at radius 2 is 2.00 bits per heavy atom. The van der Waals surface area contributed by atoms with Crippen molar-refractivity contribution in [2.24, 2.45) is 0 Å². The Labute approximate surface area is 88.5 Å². The molecular formula is C10H17BrN2. The number of rotatable bonds is 3. The second-order valence-corrected chi connectivity index (χ2v) is 4.42. The zero-order valence-electron chi connectivity index (χ0n) is 8.76. The van der Waals surface area contributed by atoms with Gasteiger partial charge in [0, 0.05) is 17.1 Å². The van der Waals surface area contributed by atoms with Gasteiger partial charge >= 0.3 is 0 Å². The summed E-state index contributed by atoms with van der Waals surface area (Å²) in [7, 11) is 0. The Balaban J connectivity index is 3.07. The summed E-state index contributed by atoms with van der Waals surface area (Å²) in [6, 6.07) is 0.461. The average Bonchev–Trinajstić information content (AvgIpc) is 2.32. The van der Waals surface area contributed by atoms with Gasteiger partial charge in [0.15, 0.2) is 0 Å². The first-order valence-corrected chi connectivity index (χ1v) is 5.80. The van der Waals surface area contributed by atoms with Gasteiger partial charge in [-0.15, -0.1) is 0 Å². The second-order valence-electron chi connectivity index (χ2n) is 3.63. The minimum atomic E-state index is 0.461. The van der Waals surface area contributed by atoms with Crippen molar-refractivity contribution in [1.29, 1.82) is 0 Å². The first-order valence-electron chi connectivity index (χ1n) is 4.68. The summed E-state index contributed by atoms with van der Waals surface area (Å²) in [4.78, 5) is 0. The van der Waals surface area contributed by atoms with Gasteiger partial charge in [0.25, 0.3) is 0 Å². The van der Waals surface area contributed by atoms with Gasteiger partial charge in [0.1, 0.15) is 0 Å². The molecule has 2 nitrogen and oxygen atoms in total. The van der Waals surface area contributed by atoms with Gasteiger partial charge in [-0.3, -0.25) is 4.68 Å². The fourth-order valence-electron chi connectivity index (χ4n) is 1.66. The van der Waals surface area contributed by atoms with Gasteiger partial charge in [-0.25, -0.2) is 0 Å². The Kier molecular flexibility index (Phi) is 3.54. The van der Waals surface area contributed by atoms with Crippen LogP contribution in [0, 0.1) is 13.8 Å². The van der Waals surface area contributed by atoms with E-state index in [9.17, 15) is 0 Å². The number of aryl methyl sites for hydroxylation is 1. The molecule has 0 saturated carbocycles. The average molecular weight is 245 g/mol. The number of nitrogens with zero attached hydrogens (tertiary/aromatic N) is 2. The topological polar surface area (TPSA) is 17.8 Å². The van der Waals surface area contributed by atoms with Crippen molar-refractivity contribution in [1.82, 2.24) is 9.78 Å². The molecule has 74 valence electrons. The maximum absolute atomic E-state index is 4.52. The Bertz CT molecular complexity index is 289. The van der Waals surface area contributed by atoms with Crippen LogP contribution >= 0.6 is 15.9 Å². The van der Waals surface area contributed by atoms with Crippen molar-refractivity contribution >= 4 is 15.9 Å². The van der Waals surface area contributed by atoms with Crippen LogP contribution in [0.3, 0.4) is 0 Å². The zero-order valence-corrected chi connectivity index (χ0v) is 10.3. The molecule has 0 N–H and O–H groups in total. The highest BCUT2D eigenvalue weighted by Gasteiger charge is 2.11. The molecule has 0 aliphatic heterocycles. The van der Waals surface area contributed by atoms with E-state index >= 15 is 0 Å². The minimum absolute atomic E-state index is 0.461. The van der Waals surface area contributed by atoms with E-state index in [1.165, 1.54) is 17.0 Å². The van der Waals surface area contributed by atoms with Crippen LogP contribution in [-0.4, -0.2) is 15.1 Å². The van der Waals surface area contributed by atoms with Gasteiger partial charge in [0.05, 0.1) is 5.69 Å². The van der Waals surface area contributed by atoms with Crippen LogP contribution in [0.5, 0.6) is 0 Å². The second kappa shape index (κ2) is 4.27. The summed E-state index contributed by atoms with van der Waals surface area (Å²) >= 11 is 3.46. The zero-order chi connectivity index (χ0) is 10.0. The molecule has 0 amide bonds. The van der Waals surface area contributed by atoms with Crippen LogP contribution in [0.25, 0.3) is 0 Å². The van der Waals surface area contributed by atoms with E-state index in [1.54, 1.807) is 0 Å². The molecule has 0 aliphatic rings. The fraction of sp³-hybridized carbons (Fsp3) is 0.700. The van der Waals surface area contributed by atoms with Crippen LogP contribution in [0.15, 0.2) is 0 Å². The van der Waals surface area contributed by atoms with Gasteiger partial charge in [-0.1, -0.05) is 15.9 Å². The maximum Gasteiger partial charge on any atom is 0.0628 e. The van der Waals surface area contributed by atoms with Crippen LogP contribution in [0.4, 0.5) is 0 Å². The van der Waals surface area contributed by atoms with E-state index in [1.807, 2.05) is 0 Å². The summed E-state index contributed by atoms with van der Waals surface area (Å²) in [5.41, 5.74) is 3.88. The molecule has 0 aliphatic carbocycles. The standard InChI is InChI=1S/C10H17BrN2/c1-7(2)13-9(4)10(5-6-11)8(3)12-13/h7H,5-6H2,1-4H3. The third kappa shape index (κ3) is 2.13. The number of aromatic nitrogens is 2. The van der Waals surface area contributed by atoms with Crippen molar-refractivity contribution in [2.75, 3.05) is 5.33 Å². The smallest absolute Gasteiger partial charge is 0.0628 e. The molecule has 1 heterocycles. The van der Waals surface area contributed by atoms with Crippen molar-refractivity contribution < 1.29 is 0 Å². The van der Waals surface area contributed by atoms with E-state index in [0.717, 1.165) is 11.8 Å². The molecule has 13 heavy (non-hydrogen) atoms. The normalized spacial score (nSPS) is 11.2. The monoisotopic (exact) mass is 244 g/mol. The first kappa shape index (κ1) is 10.8. The van der Waals surface area contributed by atoms with Crippen molar-refractivity contribution in [2.45, 2.75) is 40.2 Å². The lowest BCUT2D eigenvalue weighted by Gasteiger charge is -2.08. The molecule has 0 atom stereocenters. The minimum Gasteiger partial charge on any atom is -0.267 e. The molecule has 1 aromatic heterocycles. The Morgan fingerprint density at radius 1 is 1.38 bits per heavy atom. The highest BCUT2D eigenvalue weighted by molar-refractivity contribution is 9.09. The van der Waals surface area contributed by atoms with E-state index < -0.39 is 0 Å². The number of halogens is 1. The predicted octanol–water partition coefficient (Wildman–Crippen LogP) is 3.02. The summed E-state index contributed by atoms with van der Waals surface area (Å²) in [5, 5.41) is 5.54. The summed E-state index contributed by atoms with van der Waals surface area (Å²) in [6.45, 7) is 8.57. The lowest BCUT2D eigenvalue weighted by atomic mass is 10.1. The first-order chi connectivity index (χ1) is 6.07.